The number of nitro benzene ring substituents is 1. The molecule has 1 aromatic carbocycles. The highest BCUT2D eigenvalue weighted by Crippen LogP contribution is 2.23. The summed E-state index contributed by atoms with van der Waals surface area (Å²) >= 11 is 0. The van der Waals surface area contributed by atoms with Crippen molar-refractivity contribution >= 4 is 11.6 Å². The molecule has 6 nitrogen and oxygen atoms in total. The first-order chi connectivity index (χ1) is 11.1. The minimum absolute atomic E-state index is 0.108. The quantitative estimate of drug-likeness (QED) is 0.378. The van der Waals surface area contributed by atoms with Crippen molar-refractivity contribution in [3.63, 3.8) is 0 Å². The standard InChI is InChI=1S/C17H26N4O2/c1-3-18-17(20-15-8-4-6-13(2)10-15)19-12-14-7-5-9-16(11-14)21(22)23/h5,7,9,11,13,15H,3-4,6,8,10,12H2,1-2H3,(H2,18,19,20). The largest absolute Gasteiger partial charge is 0.357 e. The maximum atomic E-state index is 10.8. The highest BCUT2D eigenvalue weighted by molar-refractivity contribution is 5.80. The third kappa shape index (κ3) is 5.54. The molecule has 2 N–H and O–H groups in total. The van der Waals surface area contributed by atoms with E-state index in [9.17, 15) is 10.1 Å². The van der Waals surface area contributed by atoms with Crippen molar-refractivity contribution in [3.8, 4) is 0 Å². The number of hydrogen-bond donors (Lipinski definition) is 2. The van der Waals surface area contributed by atoms with Crippen molar-refractivity contribution in [3.05, 3.63) is 39.9 Å². The molecule has 1 aromatic rings. The third-order valence-electron chi connectivity index (χ3n) is 4.16. The van der Waals surface area contributed by atoms with Gasteiger partial charge < -0.3 is 10.6 Å². The van der Waals surface area contributed by atoms with Crippen LogP contribution in [0.3, 0.4) is 0 Å². The van der Waals surface area contributed by atoms with Crippen LogP contribution in [0, 0.1) is 16.0 Å². The number of rotatable bonds is 5. The van der Waals surface area contributed by atoms with Crippen molar-refractivity contribution in [2.75, 3.05) is 6.54 Å². The Morgan fingerprint density at radius 2 is 2.26 bits per heavy atom. The van der Waals surface area contributed by atoms with Crippen LogP contribution in [0.2, 0.25) is 0 Å². The van der Waals surface area contributed by atoms with E-state index in [0.717, 1.165) is 24.0 Å². The van der Waals surface area contributed by atoms with Gasteiger partial charge in [-0.15, -0.1) is 0 Å². The van der Waals surface area contributed by atoms with E-state index in [1.807, 2.05) is 13.0 Å². The zero-order valence-electron chi connectivity index (χ0n) is 13.9. The second-order valence-electron chi connectivity index (χ2n) is 6.24. The fraction of sp³-hybridized carbons (Fsp3) is 0.588. The Balaban J connectivity index is 2.00. The van der Waals surface area contributed by atoms with Crippen LogP contribution in [-0.4, -0.2) is 23.5 Å². The summed E-state index contributed by atoms with van der Waals surface area (Å²) in [4.78, 5) is 15.0. The Morgan fingerprint density at radius 3 is 2.96 bits per heavy atom. The predicted octanol–water partition coefficient (Wildman–Crippen LogP) is 3.23. The Kier molecular flexibility index (Phi) is 6.38. The molecule has 0 aliphatic heterocycles. The van der Waals surface area contributed by atoms with E-state index in [2.05, 4.69) is 22.5 Å². The van der Waals surface area contributed by atoms with Gasteiger partial charge in [-0.1, -0.05) is 31.9 Å². The van der Waals surface area contributed by atoms with E-state index in [4.69, 9.17) is 0 Å². The van der Waals surface area contributed by atoms with E-state index in [-0.39, 0.29) is 10.6 Å². The second kappa shape index (κ2) is 8.50. The molecule has 0 heterocycles. The topological polar surface area (TPSA) is 79.6 Å². The molecule has 1 aliphatic carbocycles. The zero-order chi connectivity index (χ0) is 16.7. The van der Waals surface area contributed by atoms with Crippen LogP contribution < -0.4 is 10.6 Å². The Morgan fingerprint density at radius 1 is 1.43 bits per heavy atom. The summed E-state index contributed by atoms with van der Waals surface area (Å²) in [5.74, 6) is 1.54. The molecule has 2 unspecified atom stereocenters. The van der Waals surface area contributed by atoms with Crippen LogP contribution in [0.25, 0.3) is 0 Å². The van der Waals surface area contributed by atoms with Crippen LogP contribution in [-0.2, 0) is 6.54 Å². The molecule has 6 heteroatoms. The average Bonchev–Trinajstić information content (AvgIpc) is 2.53. The fourth-order valence-electron chi connectivity index (χ4n) is 3.02. The predicted molar refractivity (Wildman–Crippen MR) is 92.5 cm³/mol. The lowest BCUT2D eigenvalue weighted by Crippen LogP contribution is -2.45. The molecule has 0 amide bonds. The van der Waals surface area contributed by atoms with Gasteiger partial charge in [-0.2, -0.15) is 0 Å². The Labute approximate surface area is 137 Å². The van der Waals surface area contributed by atoms with Gasteiger partial charge in [0.25, 0.3) is 5.69 Å². The van der Waals surface area contributed by atoms with Crippen LogP contribution in [0.4, 0.5) is 5.69 Å². The number of benzene rings is 1. The summed E-state index contributed by atoms with van der Waals surface area (Å²) in [5, 5.41) is 17.6. The molecule has 1 saturated carbocycles. The van der Waals surface area contributed by atoms with Gasteiger partial charge in [0.1, 0.15) is 0 Å². The van der Waals surface area contributed by atoms with Crippen LogP contribution in [0.5, 0.6) is 0 Å². The molecule has 1 fully saturated rings. The van der Waals surface area contributed by atoms with Gasteiger partial charge in [0.2, 0.25) is 0 Å². The number of guanidine groups is 1. The first-order valence-electron chi connectivity index (χ1n) is 8.36. The monoisotopic (exact) mass is 318 g/mol. The first-order valence-corrected chi connectivity index (χ1v) is 8.36. The summed E-state index contributed by atoms with van der Waals surface area (Å²) < 4.78 is 0. The molecule has 0 aromatic heterocycles. The van der Waals surface area contributed by atoms with Gasteiger partial charge in [-0.25, -0.2) is 4.99 Å². The van der Waals surface area contributed by atoms with Crippen molar-refractivity contribution in [2.24, 2.45) is 10.9 Å². The number of nitro groups is 1. The van der Waals surface area contributed by atoms with Crippen LogP contribution in [0.15, 0.2) is 29.3 Å². The summed E-state index contributed by atoms with van der Waals surface area (Å²) in [7, 11) is 0. The average molecular weight is 318 g/mol. The normalized spacial score (nSPS) is 21.7. The maximum absolute atomic E-state index is 10.8. The van der Waals surface area contributed by atoms with E-state index in [1.165, 1.54) is 31.7 Å². The highest BCUT2D eigenvalue weighted by atomic mass is 16.6. The van der Waals surface area contributed by atoms with E-state index in [0.29, 0.717) is 12.6 Å². The Hall–Kier alpha value is -2.11. The van der Waals surface area contributed by atoms with Gasteiger partial charge >= 0.3 is 0 Å². The maximum Gasteiger partial charge on any atom is 0.269 e. The minimum Gasteiger partial charge on any atom is -0.357 e. The molecule has 0 saturated heterocycles. The lowest BCUT2D eigenvalue weighted by molar-refractivity contribution is -0.384. The van der Waals surface area contributed by atoms with Gasteiger partial charge in [0, 0.05) is 24.7 Å². The van der Waals surface area contributed by atoms with Crippen molar-refractivity contribution in [1.82, 2.24) is 10.6 Å². The molecule has 2 atom stereocenters. The summed E-state index contributed by atoms with van der Waals surface area (Å²) in [6, 6.07) is 7.10. The highest BCUT2D eigenvalue weighted by Gasteiger charge is 2.19. The lowest BCUT2D eigenvalue weighted by atomic mass is 9.87. The number of nitrogens with one attached hydrogen (secondary N) is 2. The molecule has 126 valence electrons. The van der Waals surface area contributed by atoms with Crippen molar-refractivity contribution < 1.29 is 4.92 Å². The van der Waals surface area contributed by atoms with Crippen LogP contribution >= 0.6 is 0 Å². The molecular formula is C17H26N4O2. The van der Waals surface area contributed by atoms with Gasteiger partial charge in [-0.3, -0.25) is 10.1 Å². The first kappa shape index (κ1) is 17.2. The molecule has 0 bridgehead atoms. The van der Waals surface area contributed by atoms with E-state index < -0.39 is 0 Å². The lowest BCUT2D eigenvalue weighted by Gasteiger charge is -2.28. The van der Waals surface area contributed by atoms with Gasteiger partial charge in [-0.05, 0) is 31.2 Å². The van der Waals surface area contributed by atoms with Gasteiger partial charge in [0.15, 0.2) is 5.96 Å². The smallest absolute Gasteiger partial charge is 0.269 e. The number of hydrogen-bond acceptors (Lipinski definition) is 3. The second-order valence-corrected chi connectivity index (χ2v) is 6.24. The van der Waals surface area contributed by atoms with Crippen molar-refractivity contribution in [1.29, 1.82) is 0 Å². The number of non-ortho nitro benzene ring substituents is 1. The zero-order valence-corrected chi connectivity index (χ0v) is 13.9. The van der Waals surface area contributed by atoms with E-state index in [1.54, 1.807) is 12.1 Å². The van der Waals surface area contributed by atoms with Crippen molar-refractivity contribution in [2.45, 2.75) is 52.1 Å². The summed E-state index contributed by atoms with van der Waals surface area (Å²) in [5.41, 5.74) is 0.949. The number of aliphatic imine (C=N–C) groups is 1. The molecule has 0 spiro atoms. The summed E-state index contributed by atoms with van der Waals surface area (Å²) in [6.07, 6.45) is 4.90. The fourth-order valence-corrected chi connectivity index (χ4v) is 3.02. The Bertz CT molecular complexity index is 559. The SMILES string of the molecule is CCNC(=NCc1cccc([N+](=O)[O-])c1)NC1CCCC(C)C1. The van der Waals surface area contributed by atoms with E-state index >= 15 is 0 Å². The molecule has 1 aliphatic rings. The van der Waals surface area contributed by atoms with Crippen LogP contribution in [0.1, 0.15) is 45.1 Å². The molecule has 23 heavy (non-hydrogen) atoms. The minimum atomic E-state index is -0.375. The molecule has 0 radical (unpaired) electrons. The summed E-state index contributed by atoms with van der Waals surface area (Å²) in [6.45, 7) is 5.55. The van der Waals surface area contributed by atoms with Gasteiger partial charge in [0.05, 0.1) is 11.5 Å². The molecule has 2 rings (SSSR count). The molecular weight excluding hydrogens is 292 g/mol. The number of nitrogens with zero attached hydrogens (tertiary/aromatic N) is 2. The third-order valence-corrected chi connectivity index (χ3v) is 4.16.